The second-order valence-electron chi connectivity index (χ2n) is 5.13. The van der Waals surface area contributed by atoms with Crippen molar-refractivity contribution in [2.24, 2.45) is 5.73 Å². The normalized spacial score (nSPS) is 12.1. The number of hydrogen-bond donors (Lipinski definition) is 2. The fourth-order valence-electron chi connectivity index (χ4n) is 1.49. The minimum absolute atomic E-state index is 0.169. The van der Waals surface area contributed by atoms with Gasteiger partial charge >= 0.3 is 6.36 Å². The Morgan fingerprint density at radius 1 is 1.25 bits per heavy atom. The summed E-state index contributed by atoms with van der Waals surface area (Å²) < 4.78 is 39.6. The predicted octanol–water partition coefficient (Wildman–Crippen LogP) is 2.33. The zero-order valence-corrected chi connectivity index (χ0v) is 11.3. The van der Waals surface area contributed by atoms with Crippen molar-refractivity contribution in [1.29, 1.82) is 0 Å². The Kier molecular flexibility index (Phi) is 4.99. The van der Waals surface area contributed by atoms with E-state index >= 15 is 0 Å². The molecule has 0 radical (unpaired) electrons. The van der Waals surface area contributed by atoms with Crippen LogP contribution in [-0.4, -0.2) is 17.8 Å². The van der Waals surface area contributed by atoms with E-state index in [1.807, 2.05) is 0 Å². The highest BCUT2D eigenvalue weighted by Crippen LogP contribution is 2.22. The summed E-state index contributed by atoms with van der Waals surface area (Å²) in [4.78, 5) is 11.5. The van der Waals surface area contributed by atoms with E-state index < -0.39 is 11.9 Å². The summed E-state index contributed by atoms with van der Waals surface area (Å²) in [5.74, 6) is -0.510. The number of halogens is 3. The number of nitrogens with two attached hydrogens (primary N) is 1. The molecular formula is C13H17F3N2O2. The molecule has 0 saturated carbocycles. The van der Waals surface area contributed by atoms with E-state index in [1.165, 1.54) is 24.3 Å². The highest BCUT2D eigenvalue weighted by atomic mass is 19.4. The zero-order valence-electron chi connectivity index (χ0n) is 11.3. The van der Waals surface area contributed by atoms with Crippen LogP contribution in [0.3, 0.4) is 0 Å². The van der Waals surface area contributed by atoms with Gasteiger partial charge < -0.3 is 15.8 Å². The molecule has 20 heavy (non-hydrogen) atoms. The fourth-order valence-corrected chi connectivity index (χ4v) is 1.49. The van der Waals surface area contributed by atoms with Crippen LogP contribution in [-0.2, 0) is 11.3 Å². The van der Waals surface area contributed by atoms with Crippen molar-refractivity contribution >= 4 is 5.91 Å². The zero-order chi connectivity index (χ0) is 15.4. The van der Waals surface area contributed by atoms with E-state index in [9.17, 15) is 18.0 Å². The minimum Gasteiger partial charge on any atom is -0.406 e. The van der Waals surface area contributed by atoms with Gasteiger partial charge in [-0.15, -0.1) is 13.2 Å². The third-order valence-electron chi connectivity index (χ3n) is 2.26. The highest BCUT2D eigenvalue weighted by molar-refractivity contribution is 5.77. The Hall–Kier alpha value is -1.76. The first-order valence-corrected chi connectivity index (χ1v) is 5.95. The molecular weight excluding hydrogens is 273 g/mol. The molecule has 0 fully saturated rings. The Morgan fingerprint density at radius 2 is 1.80 bits per heavy atom. The van der Waals surface area contributed by atoms with Crippen LogP contribution < -0.4 is 15.8 Å². The van der Waals surface area contributed by atoms with Crippen LogP contribution in [0.15, 0.2) is 24.3 Å². The predicted molar refractivity (Wildman–Crippen MR) is 67.9 cm³/mol. The van der Waals surface area contributed by atoms with Crippen molar-refractivity contribution in [2.75, 3.05) is 0 Å². The first-order chi connectivity index (χ1) is 9.05. The van der Waals surface area contributed by atoms with Gasteiger partial charge in [0.05, 0.1) is 0 Å². The van der Waals surface area contributed by atoms with E-state index in [4.69, 9.17) is 5.73 Å². The van der Waals surface area contributed by atoms with Gasteiger partial charge in [-0.3, -0.25) is 4.79 Å². The van der Waals surface area contributed by atoms with Gasteiger partial charge in [-0.05, 0) is 31.5 Å². The summed E-state index contributed by atoms with van der Waals surface area (Å²) in [5.41, 5.74) is 5.77. The number of alkyl halides is 3. The average Bonchev–Trinajstić information content (AvgIpc) is 2.23. The van der Waals surface area contributed by atoms with Gasteiger partial charge in [0.25, 0.3) is 0 Å². The van der Waals surface area contributed by atoms with Crippen LogP contribution in [0, 0.1) is 0 Å². The largest absolute Gasteiger partial charge is 0.573 e. The second-order valence-corrected chi connectivity index (χ2v) is 5.13. The second kappa shape index (κ2) is 6.13. The van der Waals surface area contributed by atoms with Gasteiger partial charge in [-0.1, -0.05) is 12.1 Å². The maximum Gasteiger partial charge on any atom is 0.573 e. The van der Waals surface area contributed by atoms with Gasteiger partial charge in [0.15, 0.2) is 0 Å². The van der Waals surface area contributed by atoms with Gasteiger partial charge in [0.1, 0.15) is 5.75 Å². The molecule has 0 bridgehead atoms. The van der Waals surface area contributed by atoms with Crippen molar-refractivity contribution in [1.82, 2.24) is 5.32 Å². The number of nitrogens with one attached hydrogen (secondary N) is 1. The Balaban J connectivity index is 2.48. The van der Waals surface area contributed by atoms with Crippen molar-refractivity contribution in [3.8, 4) is 5.75 Å². The van der Waals surface area contributed by atoms with Gasteiger partial charge in [0, 0.05) is 18.5 Å². The summed E-state index contributed by atoms with van der Waals surface area (Å²) in [7, 11) is 0. The van der Waals surface area contributed by atoms with Crippen LogP contribution in [0.4, 0.5) is 13.2 Å². The van der Waals surface area contributed by atoms with Crippen LogP contribution in [0.5, 0.6) is 5.75 Å². The van der Waals surface area contributed by atoms with Crippen LogP contribution in [0.1, 0.15) is 25.8 Å². The molecule has 3 N–H and O–H groups in total. The SMILES string of the molecule is CC(C)(N)CC(=O)NCc1ccc(OC(F)(F)F)cc1. The lowest BCUT2D eigenvalue weighted by Gasteiger charge is -2.17. The van der Waals surface area contributed by atoms with E-state index in [-0.39, 0.29) is 24.6 Å². The van der Waals surface area contributed by atoms with E-state index in [0.717, 1.165) is 0 Å². The van der Waals surface area contributed by atoms with Gasteiger partial charge in [-0.2, -0.15) is 0 Å². The van der Waals surface area contributed by atoms with Crippen molar-refractivity contribution in [3.05, 3.63) is 29.8 Å². The van der Waals surface area contributed by atoms with Crippen molar-refractivity contribution in [2.45, 2.75) is 38.7 Å². The molecule has 1 rings (SSSR count). The summed E-state index contributed by atoms with van der Waals surface area (Å²) in [6, 6.07) is 5.30. The third-order valence-corrected chi connectivity index (χ3v) is 2.26. The molecule has 0 saturated heterocycles. The average molecular weight is 290 g/mol. The molecule has 0 atom stereocenters. The van der Waals surface area contributed by atoms with Gasteiger partial charge in [0.2, 0.25) is 5.91 Å². The molecule has 1 amide bonds. The molecule has 1 aromatic carbocycles. The highest BCUT2D eigenvalue weighted by Gasteiger charge is 2.30. The van der Waals surface area contributed by atoms with Crippen molar-refractivity contribution in [3.63, 3.8) is 0 Å². The standard InChI is InChI=1S/C13H17F3N2O2/c1-12(2,17)7-11(19)18-8-9-3-5-10(6-4-9)20-13(14,15)16/h3-6H,7-8,17H2,1-2H3,(H,18,19). The maximum absolute atomic E-state index is 12.0. The summed E-state index contributed by atoms with van der Waals surface area (Å²) in [5, 5.41) is 2.64. The molecule has 0 spiro atoms. The summed E-state index contributed by atoms with van der Waals surface area (Å²) >= 11 is 0. The Labute approximate surface area is 115 Å². The first kappa shape index (κ1) is 16.3. The molecule has 0 aliphatic heterocycles. The lowest BCUT2D eigenvalue weighted by molar-refractivity contribution is -0.274. The number of hydrogen-bond acceptors (Lipinski definition) is 3. The molecule has 0 unspecified atom stereocenters. The molecule has 0 aliphatic rings. The topological polar surface area (TPSA) is 64.4 Å². The van der Waals surface area contributed by atoms with Crippen LogP contribution in [0.2, 0.25) is 0 Å². The molecule has 0 heterocycles. The molecule has 4 nitrogen and oxygen atoms in total. The molecule has 1 aromatic rings. The molecule has 112 valence electrons. The fraction of sp³-hybridized carbons (Fsp3) is 0.462. The smallest absolute Gasteiger partial charge is 0.406 e. The van der Waals surface area contributed by atoms with Crippen LogP contribution in [0.25, 0.3) is 0 Å². The van der Waals surface area contributed by atoms with Crippen molar-refractivity contribution < 1.29 is 22.7 Å². The Bertz CT molecular complexity index is 450. The van der Waals surface area contributed by atoms with Gasteiger partial charge in [-0.25, -0.2) is 0 Å². The monoisotopic (exact) mass is 290 g/mol. The molecule has 7 heteroatoms. The third kappa shape index (κ3) is 6.98. The number of ether oxygens (including phenoxy) is 1. The molecule has 0 aromatic heterocycles. The quantitative estimate of drug-likeness (QED) is 0.874. The summed E-state index contributed by atoms with van der Waals surface area (Å²) in [6.07, 6.45) is -4.54. The van der Waals surface area contributed by atoms with E-state index in [2.05, 4.69) is 10.1 Å². The maximum atomic E-state index is 12.0. The first-order valence-electron chi connectivity index (χ1n) is 5.95. The number of carbonyl (C=O) groups is 1. The number of rotatable bonds is 5. The number of carbonyl (C=O) groups excluding carboxylic acids is 1. The van der Waals surface area contributed by atoms with E-state index in [0.29, 0.717) is 5.56 Å². The number of benzene rings is 1. The lowest BCUT2D eigenvalue weighted by Crippen LogP contribution is -2.38. The summed E-state index contributed by atoms with van der Waals surface area (Å²) in [6.45, 7) is 3.69. The number of amides is 1. The molecule has 0 aliphatic carbocycles. The van der Waals surface area contributed by atoms with E-state index in [1.54, 1.807) is 13.8 Å². The lowest BCUT2D eigenvalue weighted by atomic mass is 10.0. The minimum atomic E-state index is -4.71. The Morgan fingerprint density at radius 3 is 2.25 bits per heavy atom. The van der Waals surface area contributed by atoms with Crippen LogP contribution >= 0.6 is 0 Å².